The fraction of sp³-hybridized carbons (Fsp3) is 0.150. The molecule has 1 aliphatic heterocycles. The van der Waals surface area contributed by atoms with Gasteiger partial charge in [0.25, 0.3) is 5.91 Å². The van der Waals surface area contributed by atoms with Gasteiger partial charge in [0, 0.05) is 22.2 Å². The van der Waals surface area contributed by atoms with E-state index >= 15 is 0 Å². The number of pyridine rings is 1. The average Bonchev–Trinajstić information content (AvgIpc) is 3.17. The lowest BCUT2D eigenvalue weighted by Crippen LogP contribution is -2.13. The topological polar surface area (TPSA) is 54.4 Å². The summed E-state index contributed by atoms with van der Waals surface area (Å²) in [6.45, 7) is 2.89. The highest BCUT2D eigenvalue weighted by Gasteiger charge is 2.18. The van der Waals surface area contributed by atoms with Gasteiger partial charge in [-0.2, -0.15) is 0 Å². The first-order valence-corrected chi connectivity index (χ1v) is 11.1. The zero-order valence-corrected chi connectivity index (χ0v) is 18.0. The van der Waals surface area contributed by atoms with Gasteiger partial charge in [-0.15, -0.1) is 0 Å². The Hall–Kier alpha value is -1.73. The number of amides is 1. The molecule has 28 heavy (non-hydrogen) atoms. The summed E-state index contributed by atoms with van der Waals surface area (Å²) in [6.07, 6.45) is 1.82. The normalized spacial score (nSPS) is 13.6. The third-order valence-electron chi connectivity index (χ3n) is 4.21. The number of para-hydroxylation sites is 1. The summed E-state index contributed by atoms with van der Waals surface area (Å²) < 4.78 is 1.06. The van der Waals surface area contributed by atoms with Crippen LogP contribution in [-0.4, -0.2) is 27.6 Å². The zero-order valence-electron chi connectivity index (χ0n) is 14.8. The summed E-state index contributed by atoms with van der Waals surface area (Å²) >= 11 is 15.8. The zero-order chi connectivity index (χ0) is 19.7. The maximum absolute atomic E-state index is 12.8. The second kappa shape index (κ2) is 8.33. The van der Waals surface area contributed by atoms with Crippen LogP contribution in [-0.2, 0) is 0 Å². The van der Waals surface area contributed by atoms with Crippen molar-refractivity contribution in [2.45, 2.75) is 11.8 Å². The van der Waals surface area contributed by atoms with Crippen LogP contribution in [0.4, 0.5) is 5.69 Å². The lowest BCUT2D eigenvalue weighted by atomic mass is 10.1. The maximum atomic E-state index is 12.8. The first-order chi connectivity index (χ1) is 13.5. The minimum Gasteiger partial charge on any atom is -0.320 e. The molecule has 8 heteroatoms. The van der Waals surface area contributed by atoms with E-state index in [2.05, 4.69) is 15.3 Å². The summed E-state index contributed by atoms with van der Waals surface area (Å²) in [5, 5.41) is 4.50. The Morgan fingerprint density at radius 1 is 1.18 bits per heavy atom. The quantitative estimate of drug-likeness (QED) is 0.511. The lowest BCUT2D eigenvalue weighted by molar-refractivity contribution is 0.102. The van der Waals surface area contributed by atoms with Crippen LogP contribution >= 0.6 is 46.7 Å². The molecule has 3 aromatic rings. The van der Waals surface area contributed by atoms with Gasteiger partial charge in [0.15, 0.2) is 0 Å². The van der Waals surface area contributed by atoms with Crippen LogP contribution in [0.1, 0.15) is 15.9 Å². The van der Waals surface area contributed by atoms with Gasteiger partial charge in [0.2, 0.25) is 0 Å². The predicted octanol–water partition coefficient (Wildman–Crippen LogP) is 6.30. The number of benzene rings is 2. The first-order valence-electron chi connectivity index (χ1n) is 8.53. The van der Waals surface area contributed by atoms with E-state index in [1.807, 2.05) is 31.3 Å². The molecule has 0 fully saturated rings. The van der Waals surface area contributed by atoms with Crippen LogP contribution < -0.4 is 5.32 Å². The van der Waals surface area contributed by atoms with Gasteiger partial charge in [0.05, 0.1) is 33.4 Å². The molecule has 2 heterocycles. The number of rotatable bonds is 3. The number of nitrogens with zero attached hydrogens (tertiary/aromatic N) is 2. The highest BCUT2D eigenvalue weighted by Crippen LogP contribution is 2.37. The number of hydrogen-bond donors (Lipinski definition) is 1. The van der Waals surface area contributed by atoms with Crippen molar-refractivity contribution in [2.75, 3.05) is 17.6 Å². The van der Waals surface area contributed by atoms with Crippen LogP contribution in [0, 0.1) is 6.92 Å². The largest absolute Gasteiger partial charge is 0.320 e. The molecule has 0 radical (unpaired) electrons. The van der Waals surface area contributed by atoms with Gasteiger partial charge in [-0.05, 0) is 30.7 Å². The van der Waals surface area contributed by atoms with Gasteiger partial charge >= 0.3 is 0 Å². The molecule has 4 rings (SSSR count). The molecule has 0 saturated carbocycles. The van der Waals surface area contributed by atoms with Crippen LogP contribution in [0.15, 0.2) is 52.5 Å². The number of carbonyl (C=O) groups excluding carboxylic acids is 1. The van der Waals surface area contributed by atoms with Crippen molar-refractivity contribution >= 4 is 73.6 Å². The number of aliphatic imine (C=N–C) groups is 1. The molecule has 0 bridgehead atoms. The molecule has 1 aromatic heterocycles. The number of thioether (sulfide) groups is 2. The second-order valence-corrected chi connectivity index (χ2v) is 9.28. The summed E-state index contributed by atoms with van der Waals surface area (Å²) in [4.78, 5) is 23.0. The Bertz CT molecular complexity index is 1100. The molecule has 0 aliphatic carbocycles. The Labute approximate surface area is 181 Å². The van der Waals surface area contributed by atoms with Crippen molar-refractivity contribution in [3.05, 3.63) is 63.8 Å². The molecule has 0 saturated heterocycles. The van der Waals surface area contributed by atoms with Crippen molar-refractivity contribution in [3.63, 3.8) is 0 Å². The third-order valence-corrected chi connectivity index (χ3v) is 7.26. The summed E-state index contributed by atoms with van der Waals surface area (Å²) in [7, 11) is 0. The second-order valence-electron chi connectivity index (χ2n) is 6.12. The Balaban J connectivity index is 1.73. The molecule has 1 aliphatic rings. The van der Waals surface area contributed by atoms with E-state index in [-0.39, 0.29) is 11.5 Å². The summed E-state index contributed by atoms with van der Waals surface area (Å²) in [5.41, 5.74) is 2.66. The van der Waals surface area contributed by atoms with E-state index in [9.17, 15) is 4.79 Å². The van der Waals surface area contributed by atoms with E-state index in [0.717, 1.165) is 38.0 Å². The molecule has 1 amide bonds. The molecule has 1 N–H and O–H groups in total. The standard InChI is InChI=1S/C20H15Cl2N3OS2/c1-11-10-24-17-12(18(11)28-20-23-8-9-27-20)4-2-7-15(17)25-19(26)16-13(21)5-3-6-14(16)22/h2-7,10H,8-9H2,1H3,(H,25,26). The van der Waals surface area contributed by atoms with Gasteiger partial charge < -0.3 is 5.32 Å². The number of aromatic nitrogens is 1. The summed E-state index contributed by atoms with van der Waals surface area (Å²) in [6, 6.07) is 10.7. The van der Waals surface area contributed by atoms with Gasteiger partial charge in [-0.25, -0.2) is 0 Å². The number of hydrogen-bond acceptors (Lipinski definition) is 5. The smallest absolute Gasteiger partial charge is 0.258 e. The van der Waals surface area contributed by atoms with Gasteiger partial charge in [0.1, 0.15) is 4.38 Å². The van der Waals surface area contributed by atoms with Crippen molar-refractivity contribution in [1.82, 2.24) is 4.98 Å². The SMILES string of the molecule is Cc1cnc2c(NC(=O)c3c(Cl)cccc3Cl)cccc2c1SC1=NCCS1. The maximum Gasteiger partial charge on any atom is 0.258 e. The lowest BCUT2D eigenvalue weighted by Gasteiger charge is -2.13. The average molecular weight is 448 g/mol. The molecule has 142 valence electrons. The number of anilines is 1. The van der Waals surface area contributed by atoms with E-state index in [0.29, 0.717) is 15.7 Å². The molecular formula is C20H15Cl2N3OS2. The van der Waals surface area contributed by atoms with E-state index in [1.165, 1.54) is 0 Å². The minimum absolute atomic E-state index is 0.251. The Morgan fingerprint density at radius 2 is 1.93 bits per heavy atom. The molecule has 0 unspecified atom stereocenters. The van der Waals surface area contributed by atoms with E-state index < -0.39 is 0 Å². The third kappa shape index (κ3) is 3.87. The fourth-order valence-electron chi connectivity index (χ4n) is 2.90. The first kappa shape index (κ1) is 19.6. The number of nitrogens with one attached hydrogen (secondary N) is 1. The van der Waals surface area contributed by atoms with E-state index in [1.54, 1.807) is 41.7 Å². The van der Waals surface area contributed by atoms with Crippen LogP contribution in [0.5, 0.6) is 0 Å². The van der Waals surface area contributed by atoms with Crippen molar-refractivity contribution in [1.29, 1.82) is 0 Å². The van der Waals surface area contributed by atoms with Crippen molar-refractivity contribution in [2.24, 2.45) is 4.99 Å². The predicted molar refractivity (Wildman–Crippen MR) is 122 cm³/mol. The van der Waals surface area contributed by atoms with Crippen LogP contribution in [0.2, 0.25) is 10.0 Å². The number of fused-ring (bicyclic) bond motifs is 1. The molecule has 0 atom stereocenters. The van der Waals surface area contributed by atoms with Crippen molar-refractivity contribution < 1.29 is 4.79 Å². The number of aryl methyl sites for hydroxylation is 1. The monoisotopic (exact) mass is 447 g/mol. The number of carbonyl (C=O) groups is 1. The highest BCUT2D eigenvalue weighted by molar-refractivity contribution is 8.39. The number of halogens is 2. The van der Waals surface area contributed by atoms with Crippen LogP contribution in [0.25, 0.3) is 10.9 Å². The summed E-state index contributed by atoms with van der Waals surface area (Å²) in [5.74, 6) is 0.653. The molecular weight excluding hydrogens is 433 g/mol. The van der Waals surface area contributed by atoms with Crippen molar-refractivity contribution in [3.8, 4) is 0 Å². The molecule has 4 nitrogen and oxygen atoms in total. The fourth-order valence-corrected chi connectivity index (χ4v) is 5.56. The Kier molecular flexibility index (Phi) is 5.83. The molecule has 2 aromatic carbocycles. The van der Waals surface area contributed by atoms with Gasteiger partial charge in [-0.1, -0.05) is 64.9 Å². The molecule has 0 spiro atoms. The van der Waals surface area contributed by atoms with E-state index in [4.69, 9.17) is 23.2 Å². The van der Waals surface area contributed by atoms with Crippen LogP contribution in [0.3, 0.4) is 0 Å². The minimum atomic E-state index is -0.365. The Morgan fingerprint density at radius 3 is 2.64 bits per heavy atom. The van der Waals surface area contributed by atoms with Gasteiger partial charge in [-0.3, -0.25) is 14.8 Å². The highest BCUT2D eigenvalue weighted by atomic mass is 35.5.